The van der Waals surface area contributed by atoms with Crippen molar-refractivity contribution in [3.63, 3.8) is 0 Å². The maximum atomic E-state index is 11.5. The third-order valence-corrected chi connectivity index (χ3v) is 4.84. The molecular formula is C15H23N3O3S. The van der Waals surface area contributed by atoms with Crippen molar-refractivity contribution >= 4 is 23.2 Å². The van der Waals surface area contributed by atoms with Crippen LogP contribution < -0.4 is 10.6 Å². The van der Waals surface area contributed by atoms with Crippen molar-refractivity contribution in [2.75, 3.05) is 0 Å². The fourth-order valence-electron chi connectivity index (χ4n) is 3.12. The Morgan fingerprint density at radius 2 is 2.27 bits per heavy atom. The molecule has 1 saturated heterocycles. The van der Waals surface area contributed by atoms with Crippen LogP contribution in [0.2, 0.25) is 0 Å². The summed E-state index contributed by atoms with van der Waals surface area (Å²) in [5.74, 6) is -0.532. The van der Waals surface area contributed by atoms with E-state index < -0.39 is 12.0 Å². The van der Waals surface area contributed by atoms with E-state index in [9.17, 15) is 14.7 Å². The highest BCUT2D eigenvalue weighted by Crippen LogP contribution is 2.35. The summed E-state index contributed by atoms with van der Waals surface area (Å²) in [7, 11) is 0. The van der Waals surface area contributed by atoms with Crippen LogP contribution in [0.15, 0.2) is 11.6 Å². The zero-order valence-electron chi connectivity index (χ0n) is 13.1. The van der Waals surface area contributed by atoms with Crippen LogP contribution in [0.25, 0.3) is 0 Å². The van der Waals surface area contributed by atoms with Gasteiger partial charge in [0.15, 0.2) is 0 Å². The average Bonchev–Trinajstić information content (AvgIpc) is 3.06. The lowest BCUT2D eigenvalue weighted by atomic mass is 9.89. The minimum atomic E-state index is -0.852. The van der Waals surface area contributed by atoms with Gasteiger partial charge in [-0.05, 0) is 18.8 Å². The second-order valence-electron chi connectivity index (χ2n) is 6.23. The second kappa shape index (κ2) is 7.19. The Morgan fingerprint density at radius 3 is 2.77 bits per heavy atom. The maximum Gasteiger partial charge on any atom is 0.320 e. The Morgan fingerprint density at radius 1 is 1.55 bits per heavy atom. The van der Waals surface area contributed by atoms with Crippen LogP contribution in [0, 0.1) is 5.92 Å². The molecular weight excluding hydrogens is 302 g/mol. The molecule has 6 nitrogen and oxygen atoms in total. The molecule has 0 aliphatic carbocycles. The van der Waals surface area contributed by atoms with E-state index in [-0.39, 0.29) is 23.9 Å². The van der Waals surface area contributed by atoms with Crippen LogP contribution in [0.1, 0.15) is 44.5 Å². The number of rotatable bonds is 6. The fraction of sp³-hybridized carbons (Fsp3) is 0.667. The van der Waals surface area contributed by atoms with E-state index in [2.05, 4.69) is 29.5 Å². The van der Waals surface area contributed by atoms with E-state index in [4.69, 9.17) is 0 Å². The smallest absolute Gasteiger partial charge is 0.320 e. The molecule has 2 rings (SSSR count). The number of hydrogen-bond donors (Lipinski definition) is 3. The van der Waals surface area contributed by atoms with E-state index in [0.717, 1.165) is 11.4 Å². The van der Waals surface area contributed by atoms with E-state index in [1.165, 1.54) is 18.3 Å². The first-order valence-electron chi connectivity index (χ1n) is 7.53. The number of carboxylic acids is 1. The zero-order valence-corrected chi connectivity index (χ0v) is 13.9. The molecule has 7 heteroatoms. The molecule has 1 aromatic rings. The summed E-state index contributed by atoms with van der Waals surface area (Å²) in [6.07, 6.45) is 3.04. The highest BCUT2D eigenvalue weighted by Gasteiger charge is 2.43. The number of nitrogens with zero attached hydrogens (tertiary/aromatic N) is 1. The number of aromatic nitrogens is 1. The highest BCUT2D eigenvalue weighted by atomic mass is 32.1. The van der Waals surface area contributed by atoms with E-state index in [1.54, 1.807) is 6.20 Å². The molecule has 22 heavy (non-hydrogen) atoms. The first kappa shape index (κ1) is 16.9. The lowest BCUT2D eigenvalue weighted by molar-refractivity contribution is -0.139. The van der Waals surface area contributed by atoms with E-state index >= 15 is 0 Å². The highest BCUT2D eigenvalue weighted by molar-refractivity contribution is 7.09. The Labute approximate surface area is 134 Å². The van der Waals surface area contributed by atoms with Gasteiger partial charge in [-0.3, -0.25) is 14.9 Å². The van der Waals surface area contributed by atoms with Crippen LogP contribution in [0.5, 0.6) is 0 Å². The van der Waals surface area contributed by atoms with Crippen LogP contribution in [0.4, 0.5) is 0 Å². The first-order valence-corrected chi connectivity index (χ1v) is 8.41. The maximum absolute atomic E-state index is 11.5. The van der Waals surface area contributed by atoms with Crippen molar-refractivity contribution in [2.45, 2.75) is 57.7 Å². The van der Waals surface area contributed by atoms with Gasteiger partial charge in [0.2, 0.25) is 5.91 Å². The quantitative estimate of drug-likeness (QED) is 0.739. The van der Waals surface area contributed by atoms with Gasteiger partial charge >= 0.3 is 5.97 Å². The zero-order chi connectivity index (χ0) is 16.3. The summed E-state index contributed by atoms with van der Waals surface area (Å²) in [5, 5.41) is 18.3. The number of aliphatic carboxylic acids is 1. The summed E-state index contributed by atoms with van der Waals surface area (Å²) in [6, 6.07) is -0.809. The number of carbonyl (C=O) groups is 2. The molecule has 0 radical (unpaired) electrons. The average molecular weight is 325 g/mol. The van der Waals surface area contributed by atoms with Crippen LogP contribution in [-0.4, -0.2) is 40.1 Å². The number of hydrogen-bond acceptors (Lipinski definition) is 5. The molecule has 0 unspecified atom stereocenters. The van der Waals surface area contributed by atoms with Gasteiger partial charge in [-0.2, -0.15) is 0 Å². The Balaban J connectivity index is 2.25. The molecule has 0 aromatic carbocycles. The van der Waals surface area contributed by atoms with Crippen molar-refractivity contribution in [1.29, 1.82) is 0 Å². The summed E-state index contributed by atoms with van der Waals surface area (Å²) >= 11 is 1.54. The standard InChI is InChI=1S/C15H23N3O3S/c1-8(2)6-11(17-9(3)19)13-10(14-16-4-5-22-14)7-12(18-13)15(20)21/h4-5,8,10-13,18H,6-7H2,1-3H3,(H,17,19)(H,20,21)/t10-,11+,12-,13-/m1/s1. The van der Waals surface area contributed by atoms with Gasteiger partial charge in [0.25, 0.3) is 0 Å². The molecule has 122 valence electrons. The van der Waals surface area contributed by atoms with Gasteiger partial charge in [0.1, 0.15) is 6.04 Å². The molecule has 0 saturated carbocycles. The van der Waals surface area contributed by atoms with Crippen molar-refractivity contribution in [2.24, 2.45) is 5.92 Å². The third kappa shape index (κ3) is 4.04. The largest absolute Gasteiger partial charge is 0.480 e. The van der Waals surface area contributed by atoms with Gasteiger partial charge in [0, 0.05) is 36.5 Å². The van der Waals surface area contributed by atoms with Crippen molar-refractivity contribution < 1.29 is 14.7 Å². The number of nitrogens with one attached hydrogen (secondary N) is 2. The number of carbonyl (C=O) groups excluding carboxylic acids is 1. The van der Waals surface area contributed by atoms with Gasteiger partial charge in [-0.15, -0.1) is 11.3 Å². The molecule has 1 fully saturated rings. The predicted octanol–water partition coefficient (Wildman–Crippen LogP) is 1.59. The number of thiazole rings is 1. The monoisotopic (exact) mass is 325 g/mol. The van der Waals surface area contributed by atoms with E-state index in [0.29, 0.717) is 12.3 Å². The van der Waals surface area contributed by atoms with Gasteiger partial charge in [-0.25, -0.2) is 4.98 Å². The second-order valence-corrected chi connectivity index (χ2v) is 7.16. The van der Waals surface area contributed by atoms with Crippen LogP contribution >= 0.6 is 11.3 Å². The topological polar surface area (TPSA) is 91.3 Å². The molecule has 1 aliphatic rings. The van der Waals surface area contributed by atoms with Gasteiger partial charge in [0.05, 0.1) is 5.01 Å². The minimum Gasteiger partial charge on any atom is -0.480 e. The van der Waals surface area contributed by atoms with Crippen LogP contribution in [-0.2, 0) is 9.59 Å². The number of carboxylic acid groups (broad SMARTS) is 1. The molecule has 1 aliphatic heterocycles. The van der Waals surface area contributed by atoms with Crippen molar-refractivity contribution in [3.05, 3.63) is 16.6 Å². The summed E-state index contributed by atoms with van der Waals surface area (Å²) in [4.78, 5) is 27.3. The summed E-state index contributed by atoms with van der Waals surface area (Å²) in [5.41, 5.74) is 0. The SMILES string of the molecule is CC(=O)N[C@@H](CC(C)C)[C@@H]1N[C@@H](C(=O)O)C[C@H]1c1nccs1. The minimum absolute atomic E-state index is 0.0108. The predicted molar refractivity (Wildman–Crippen MR) is 84.9 cm³/mol. The van der Waals surface area contributed by atoms with Crippen molar-refractivity contribution in [1.82, 2.24) is 15.6 Å². The molecule has 0 spiro atoms. The molecule has 1 aromatic heterocycles. The molecule has 3 N–H and O–H groups in total. The normalized spacial score (nSPS) is 26.1. The molecule has 1 amide bonds. The fourth-order valence-corrected chi connectivity index (χ4v) is 3.92. The summed E-state index contributed by atoms with van der Waals surface area (Å²) in [6.45, 7) is 5.68. The molecule has 2 heterocycles. The van der Waals surface area contributed by atoms with E-state index in [1.807, 2.05) is 5.38 Å². The van der Waals surface area contributed by atoms with Gasteiger partial charge in [-0.1, -0.05) is 13.8 Å². The molecule has 4 atom stereocenters. The Bertz CT molecular complexity index is 518. The third-order valence-electron chi connectivity index (χ3n) is 3.93. The lowest BCUT2D eigenvalue weighted by Gasteiger charge is -2.30. The Hall–Kier alpha value is -1.47. The number of amides is 1. The van der Waals surface area contributed by atoms with Crippen LogP contribution in [0.3, 0.4) is 0 Å². The van der Waals surface area contributed by atoms with Gasteiger partial charge < -0.3 is 10.4 Å². The Kier molecular flexibility index (Phi) is 5.52. The summed E-state index contributed by atoms with van der Waals surface area (Å²) < 4.78 is 0. The first-order chi connectivity index (χ1) is 10.4. The lowest BCUT2D eigenvalue weighted by Crippen LogP contribution is -2.51. The molecule has 0 bridgehead atoms. The van der Waals surface area contributed by atoms with Crippen molar-refractivity contribution in [3.8, 4) is 0 Å².